The Morgan fingerprint density at radius 3 is 2.77 bits per heavy atom. The Morgan fingerprint density at radius 2 is 2.06 bits per heavy atom. The Hall–Kier alpha value is -2.64. The molecule has 1 aromatic carbocycles. The molecule has 0 radical (unpaired) electrons. The van der Waals surface area contributed by atoms with Crippen LogP contribution in [0.5, 0.6) is 11.5 Å². The van der Waals surface area contributed by atoms with Gasteiger partial charge in [-0.05, 0) is 54.4 Å². The Balaban J connectivity index is 1.39. The van der Waals surface area contributed by atoms with Crippen molar-refractivity contribution < 1.29 is 24.9 Å². The van der Waals surface area contributed by atoms with Crippen molar-refractivity contribution in [2.75, 3.05) is 6.54 Å². The number of fused-ring (bicyclic) bond motifs is 1. The van der Waals surface area contributed by atoms with Crippen molar-refractivity contribution in [2.45, 2.75) is 50.9 Å². The second kappa shape index (κ2) is 6.93. The smallest absolute Gasteiger partial charge is 0.255 e. The molecule has 3 saturated carbocycles. The summed E-state index contributed by atoms with van der Waals surface area (Å²) in [7, 11) is 0. The van der Waals surface area contributed by atoms with Gasteiger partial charge in [0.1, 0.15) is 29.3 Å². The number of pyridine rings is 1. The number of carbonyl (C=O) groups is 1. The third kappa shape index (κ3) is 2.87. The number of benzene rings is 1. The summed E-state index contributed by atoms with van der Waals surface area (Å²) >= 11 is 0. The summed E-state index contributed by atoms with van der Waals surface area (Å²) in [6.07, 6.45) is 1.89. The first kappa shape index (κ1) is 20.3. The first-order chi connectivity index (χ1) is 14.7. The number of aliphatic hydroxyl groups is 2. The summed E-state index contributed by atoms with van der Waals surface area (Å²) in [5.74, 6) is -0.170. The monoisotopic (exact) mass is 424 g/mol. The summed E-state index contributed by atoms with van der Waals surface area (Å²) in [6, 6.07) is 8.68. The molecule has 5 atom stereocenters. The number of aromatic nitrogens is 1. The number of nitrogens with zero attached hydrogens (tertiary/aromatic N) is 1. The molecular weight excluding hydrogens is 396 g/mol. The molecular formula is C24H28N2O5. The second-order valence-corrected chi connectivity index (χ2v) is 9.64. The fourth-order valence-corrected chi connectivity index (χ4v) is 5.85. The number of carbonyl (C=O) groups excluding carboxylic acids is 1. The molecule has 3 aliphatic carbocycles. The molecule has 6 rings (SSSR count). The fraction of sp³-hybridized carbons (Fsp3) is 0.500. The van der Waals surface area contributed by atoms with Crippen LogP contribution in [0, 0.1) is 17.3 Å². The molecule has 164 valence electrons. The van der Waals surface area contributed by atoms with Crippen LogP contribution < -0.4 is 10.1 Å². The van der Waals surface area contributed by atoms with E-state index in [9.17, 15) is 20.1 Å². The lowest BCUT2D eigenvalue weighted by Crippen LogP contribution is -2.72. The molecule has 2 heterocycles. The van der Waals surface area contributed by atoms with Crippen LogP contribution in [0.3, 0.4) is 0 Å². The summed E-state index contributed by atoms with van der Waals surface area (Å²) in [6.45, 7) is 4.57. The van der Waals surface area contributed by atoms with Crippen LogP contribution in [0.4, 0.5) is 0 Å². The largest absolute Gasteiger partial charge is 0.507 e. The van der Waals surface area contributed by atoms with Crippen molar-refractivity contribution in [3.05, 3.63) is 53.3 Å². The van der Waals surface area contributed by atoms with Gasteiger partial charge in [0.05, 0.1) is 11.1 Å². The first-order valence-electron chi connectivity index (χ1n) is 10.9. The van der Waals surface area contributed by atoms with E-state index in [0.29, 0.717) is 31.1 Å². The lowest BCUT2D eigenvalue weighted by atomic mass is 9.42. The zero-order valence-corrected chi connectivity index (χ0v) is 17.7. The van der Waals surface area contributed by atoms with Crippen LogP contribution in [-0.2, 0) is 6.42 Å². The molecule has 1 aliphatic heterocycles. The van der Waals surface area contributed by atoms with Crippen molar-refractivity contribution in [3.63, 3.8) is 0 Å². The highest BCUT2D eigenvalue weighted by atomic mass is 16.5. The van der Waals surface area contributed by atoms with Crippen LogP contribution in [0.25, 0.3) is 0 Å². The Labute approximate surface area is 181 Å². The molecule has 0 spiro atoms. The van der Waals surface area contributed by atoms with E-state index in [1.165, 1.54) is 6.07 Å². The molecule has 3 fully saturated rings. The average Bonchev–Trinajstić information content (AvgIpc) is 2.74. The van der Waals surface area contributed by atoms with Gasteiger partial charge in [0.15, 0.2) is 0 Å². The number of aliphatic hydroxyl groups excluding tert-OH is 1. The number of aromatic hydroxyl groups is 1. The van der Waals surface area contributed by atoms with Crippen molar-refractivity contribution in [1.29, 1.82) is 0 Å². The number of nitrogens with one attached hydrogen (secondary N) is 1. The van der Waals surface area contributed by atoms with Gasteiger partial charge in [-0.15, -0.1) is 0 Å². The number of amides is 1. The number of phenols is 1. The quantitative estimate of drug-likeness (QED) is 0.600. The summed E-state index contributed by atoms with van der Waals surface area (Å²) in [5.41, 5.74) is -0.600. The second-order valence-electron chi connectivity index (χ2n) is 9.64. The molecule has 1 amide bonds. The minimum atomic E-state index is -1.49. The molecule has 2 aromatic rings. The molecule has 4 aliphatic rings. The van der Waals surface area contributed by atoms with E-state index in [1.54, 1.807) is 12.3 Å². The van der Waals surface area contributed by atoms with Gasteiger partial charge in [0, 0.05) is 24.9 Å². The normalized spacial score (nSPS) is 32.1. The van der Waals surface area contributed by atoms with E-state index >= 15 is 0 Å². The molecule has 7 heteroatoms. The topological polar surface area (TPSA) is 112 Å². The lowest BCUT2D eigenvalue weighted by molar-refractivity contribution is -0.289. The predicted octanol–water partition coefficient (Wildman–Crippen LogP) is 2.35. The molecule has 2 bridgehead atoms. The number of hydrogen-bond donors (Lipinski definition) is 4. The van der Waals surface area contributed by atoms with E-state index in [1.807, 2.05) is 18.2 Å². The molecule has 1 aromatic heterocycles. The Kier molecular flexibility index (Phi) is 4.53. The molecule has 31 heavy (non-hydrogen) atoms. The van der Waals surface area contributed by atoms with Gasteiger partial charge in [0.2, 0.25) is 0 Å². The van der Waals surface area contributed by atoms with Gasteiger partial charge < -0.3 is 25.4 Å². The molecule has 0 unspecified atom stereocenters. The van der Waals surface area contributed by atoms with Gasteiger partial charge in [-0.25, -0.2) is 0 Å². The maximum atomic E-state index is 12.7. The molecule has 7 nitrogen and oxygen atoms in total. The SMILES string of the molecule is CC1(C)[C@@H]2C[C@H]1[C@@]1(O)[C@@H](C2)Oc2ccc(C(=O)NCCc3ccccn3)c(O)c2[C@@H]1O. The van der Waals surface area contributed by atoms with Crippen molar-refractivity contribution in [3.8, 4) is 11.5 Å². The maximum Gasteiger partial charge on any atom is 0.255 e. The third-order valence-corrected chi connectivity index (χ3v) is 7.84. The number of ether oxygens (including phenoxy) is 1. The fourth-order valence-electron chi connectivity index (χ4n) is 5.85. The Bertz CT molecular complexity index is 1020. The standard InChI is InChI=1S/C24H28N2O5/c1-23(2)13-11-17(23)24(30)18(12-13)31-16-7-6-15(20(27)19(16)21(24)28)22(29)26-10-8-14-5-3-4-9-25-14/h3-7,9,13,17-18,21,27-28,30H,8,10-12H2,1-2H3,(H,26,29)/t13-,17-,18-,21+,24-/m1/s1. The van der Waals surface area contributed by atoms with E-state index < -0.39 is 23.7 Å². The highest BCUT2D eigenvalue weighted by Crippen LogP contribution is 2.67. The highest BCUT2D eigenvalue weighted by Gasteiger charge is 2.70. The minimum absolute atomic E-state index is 0.0472. The van der Waals surface area contributed by atoms with Gasteiger partial charge in [0.25, 0.3) is 5.91 Å². The van der Waals surface area contributed by atoms with E-state index in [-0.39, 0.29) is 28.2 Å². The summed E-state index contributed by atoms with van der Waals surface area (Å²) < 4.78 is 6.05. The van der Waals surface area contributed by atoms with Crippen LogP contribution >= 0.6 is 0 Å². The summed E-state index contributed by atoms with van der Waals surface area (Å²) in [5, 5.41) is 36.5. The third-order valence-electron chi connectivity index (χ3n) is 7.84. The van der Waals surface area contributed by atoms with Gasteiger partial charge in [-0.1, -0.05) is 19.9 Å². The van der Waals surface area contributed by atoms with E-state index in [2.05, 4.69) is 24.1 Å². The maximum absolute atomic E-state index is 12.7. The van der Waals surface area contributed by atoms with Crippen molar-refractivity contribution >= 4 is 5.91 Å². The molecule has 4 N–H and O–H groups in total. The highest BCUT2D eigenvalue weighted by molar-refractivity contribution is 5.97. The van der Waals surface area contributed by atoms with E-state index in [0.717, 1.165) is 12.1 Å². The lowest BCUT2D eigenvalue weighted by Gasteiger charge is -2.67. The van der Waals surface area contributed by atoms with E-state index in [4.69, 9.17) is 4.74 Å². The van der Waals surface area contributed by atoms with Crippen molar-refractivity contribution in [1.82, 2.24) is 10.3 Å². The van der Waals surface area contributed by atoms with Gasteiger partial charge in [-0.2, -0.15) is 0 Å². The van der Waals surface area contributed by atoms with Crippen LogP contribution in [0.2, 0.25) is 0 Å². The van der Waals surface area contributed by atoms with Crippen LogP contribution in [0.1, 0.15) is 54.4 Å². The Morgan fingerprint density at radius 1 is 1.26 bits per heavy atom. The minimum Gasteiger partial charge on any atom is -0.507 e. The zero-order chi connectivity index (χ0) is 22.0. The zero-order valence-electron chi connectivity index (χ0n) is 17.7. The predicted molar refractivity (Wildman–Crippen MR) is 113 cm³/mol. The number of hydrogen-bond acceptors (Lipinski definition) is 6. The number of phenolic OH excluding ortho intramolecular Hbond substituents is 1. The molecule has 0 saturated heterocycles. The van der Waals surface area contributed by atoms with Crippen molar-refractivity contribution in [2.24, 2.45) is 17.3 Å². The van der Waals surface area contributed by atoms with Crippen LogP contribution in [0.15, 0.2) is 36.5 Å². The number of rotatable bonds is 4. The van der Waals surface area contributed by atoms with Gasteiger partial charge in [-0.3, -0.25) is 9.78 Å². The first-order valence-corrected chi connectivity index (χ1v) is 10.9. The average molecular weight is 424 g/mol. The summed E-state index contributed by atoms with van der Waals surface area (Å²) in [4.78, 5) is 16.9. The van der Waals surface area contributed by atoms with Crippen LogP contribution in [-0.4, -0.2) is 44.5 Å². The van der Waals surface area contributed by atoms with Gasteiger partial charge >= 0.3 is 0 Å².